The van der Waals surface area contributed by atoms with Crippen LogP contribution in [0.5, 0.6) is 0 Å². The Bertz CT molecular complexity index is 2310. The van der Waals surface area contributed by atoms with Crippen LogP contribution in [0, 0.1) is 45.3 Å². The van der Waals surface area contributed by atoms with Crippen LogP contribution in [0.25, 0.3) is 55.0 Å². The molecule has 0 aliphatic carbocycles. The first kappa shape index (κ1) is 22.8. The lowest BCUT2D eigenvalue weighted by molar-refractivity contribution is 1.15. The number of aromatic nitrogens is 2. The molecule has 7 aromatic rings. The van der Waals surface area contributed by atoms with Crippen LogP contribution in [0.2, 0.25) is 0 Å². The van der Waals surface area contributed by atoms with Crippen molar-refractivity contribution in [3.63, 3.8) is 0 Å². The number of nitriles is 4. The van der Waals surface area contributed by atoms with Gasteiger partial charge in [0.1, 0.15) is 12.1 Å². The minimum Gasteiger partial charge on any atom is -0.309 e. The van der Waals surface area contributed by atoms with E-state index in [9.17, 15) is 21.0 Å². The van der Waals surface area contributed by atoms with Gasteiger partial charge in [-0.05, 0) is 54.6 Å². The van der Waals surface area contributed by atoms with Crippen LogP contribution in [0.1, 0.15) is 22.3 Å². The molecule has 0 spiro atoms. The van der Waals surface area contributed by atoms with Gasteiger partial charge in [-0.25, -0.2) is 0 Å². The SMILES string of the molecule is N#Cc1cc(C#N)cc(-n2c3ccccc3c3cc4c(cc32)c2ccccc2n4-c2c(C#N)cccc2C#N)c1. The fourth-order valence-electron chi connectivity index (χ4n) is 5.78. The fourth-order valence-corrected chi connectivity index (χ4v) is 5.78. The molecule has 0 amide bonds. The Morgan fingerprint density at radius 3 is 1.45 bits per heavy atom. The standard InChI is InChI=1S/C34H16N6/c35-17-21-12-22(18-36)14-25(13-21)39-30-10-3-1-8-26(30)28-16-33-29(15-32(28)39)27-9-2-4-11-31(27)40(33)34-23(19-37)6-5-7-24(34)20-38/h1-16H. The third kappa shape index (κ3) is 3.12. The summed E-state index contributed by atoms with van der Waals surface area (Å²) in [6.45, 7) is 0. The lowest BCUT2D eigenvalue weighted by atomic mass is 10.1. The van der Waals surface area contributed by atoms with Crippen molar-refractivity contribution in [2.75, 3.05) is 0 Å². The average molecular weight is 509 g/mol. The molecule has 0 radical (unpaired) electrons. The van der Waals surface area contributed by atoms with Crippen LogP contribution in [0.4, 0.5) is 0 Å². The summed E-state index contributed by atoms with van der Waals surface area (Å²) >= 11 is 0. The van der Waals surface area contributed by atoms with Gasteiger partial charge in [-0.2, -0.15) is 21.0 Å². The molecule has 0 saturated heterocycles. The molecule has 2 aromatic heterocycles. The van der Waals surface area contributed by atoms with Crippen molar-refractivity contribution in [1.82, 2.24) is 9.13 Å². The van der Waals surface area contributed by atoms with E-state index in [4.69, 9.17) is 0 Å². The number of rotatable bonds is 2. The van der Waals surface area contributed by atoms with E-state index in [-0.39, 0.29) is 0 Å². The first-order chi connectivity index (χ1) is 19.7. The van der Waals surface area contributed by atoms with E-state index in [0.29, 0.717) is 27.9 Å². The van der Waals surface area contributed by atoms with Crippen LogP contribution in [-0.2, 0) is 0 Å². The minimum atomic E-state index is 0.412. The summed E-state index contributed by atoms with van der Waals surface area (Å²) in [5.41, 5.74) is 6.57. The first-order valence-electron chi connectivity index (χ1n) is 12.5. The van der Waals surface area contributed by atoms with Crippen molar-refractivity contribution in [1.29, 1.82) is 21.0 Å². The van der Waals surface area contributed by atoms with Gasteiger partial charge in [-0.3, -0.25) is 0 Å². The number of nitrogens with zero attached hydrogens (tertiary/aromatic N) is 6. The second-order valence-electron chi connectivity index (χ2n) is 9.51. The van der Waals surface area contributed by atoms with Crippen molar-refractivity contribution in [2.24, 2.45) is 0 Å². The summed E-state index contributed by atoms with van der Waals surface area (Å²) in [5, 5.41) is 43.2. The van der Waals surface area contributed by atoms with Crippen molar-refractivity contribution >= 4 is 43.6 Å². The monoisotopic (exact) mass is 508 g/mol. The maximum absolute atomic E-state index is 9.99. The average Bonchev–Trinajstić information content (AvgIpc) is 3.51. The molecule has 0 saturated carbocycles. The van der Waals surface area contributed by atoms with Crippen molar-refractivity contribution < 1.29 is 0 Å². The van der Waals surface area contributed by atoms with Gasteiger partial charge in [0.15, 0.2) is 0 Å². The van der Waals surface area contributed by atoms with Gasteiger partial charge in [-0.15, -0.1) is 0 Å². The van der Waals surface area contributed by atoms with E-state index < -0.39 is 0 Å². The molecule has 7 rings (SSSR count). The van der Waals surface area contributed by atoms with Gasteiger partial charge in [-0.1, -0.05) is 42.5 Å². The molecule has 0 aliphatic rings. The smallest absolute Gasteiger partial charge is 0.101 e. The van der Waals surface area contributed by atoms with E-state index in [1.165, 1.54) is 0 Å². The summed E-state index contributed by atoms with van der Waals surface area (Å²) in [4.78, 5) is 0. The van der Waals surface area contributed by atoms with Crippen LogP contribution >= 0.6 is 0 Å². The van der Waals surface area contributed by atoms with Crippen LogP contribution in [0.3, 0.4) is 0 Å². The van der Waals surface area contributed by atoms with Gasteiger partial charge in [0.05, 0.1) is 62.1 Å². The Morgan fingerprint density at radius 1 is 0.425 bits per heavy atom. The molecule has 0 fully saturated rings. The molecular weight excluding hydrogens is 492 g/mol. The number of hydrogen-bond donors (Lipinski definition) is 0. The molecule has 2 heterocycles. The van der Waals surface area contributed by atoms with Crippen LogP contribution in [0.15, 0.2) is 97.1 Å². The zero-order valence-electron chi connectivity index (χ0n) is 20.9. The van der Waals surface area contributed by atoms with Crippen LogP contribution in [-0.4, -0.2) is 9.13 Å². The van der Waals surface area contributed by atoms with Gasteiger partial charge in [0.25, 0.3) is 0 Å². The maximum Gasteiger partial charge on any atom is 0.101 e. The third-order valence-electron chi connectivity index (χ3n) is 7.40. The molecule has 6 heteroatoms. The summed E-state index contributed by atoms with van der Waals surface area (Å²) in [7, 11) is 0. The number of fused-ring (bicyclic) bond motifs is 6. The van der Waals surface area contributed by atoms with E-state index in [1.54, 1.807) is 36.4 Å². The lowest BCUT2D eigenvalue weighted by Crippen LogP contribution is -2.01. The predicted molar refractivity (Wildman–Crippen MR) is 154 cm³/mol. The van der Waals surface area contributed by atoms with Crippen LogP contribution < -0.4 is 0 Å². The molecule has 40 heavy (non-hydrogen) atoms. The first-order valence-corrected chi connectivity index (χ1v) is 12.5. The molecule has 0 unspecified atom stereocenters. The minimum absolute atomic E-state index is 0.412. The number of benzene rings is 5. The van der Waals surface area contributed by atoms with Crippen molar-refractivity contribution in [3.05, 3.63) is 119 Å². The highest BCUT2D eigenvalue weighted by atomic mass is 15.0. The Kier molecular flexibility index (Phi) is 4.91. The highest BCUT2D eigenvalue weighted by Gasteiger charge is 2.21. The zero-order valence-corrected chi connectivity index (χ0v) is 20.9. The molecule has 0 aliphatic heterocycles. The summed E-state index contributed by atoms with van der Waals surface area (Å²) < 4.78 is 4.10. The fraction of sp³-hybridized carbons (Fsp3) is 0. The molecule has 0 atom stereocenters. The molecule has 0 N–H and O–H groups in total. The second-order valence-corrected chi connectivity index (χ2v) is 9.51. The summed E-state index contributed by atoms with van der Waals surface area (Å²) in [6, 6.07) is 39.5. The predicted octanol–water partition coefficient (Wildman–Crippen LogP) is 7.37. The zero-order chi connectivity index (χ0) is 27.4. The van der Waals surface area contributed by atoms with E-state index in [1.807, 2.05) is 47.0 Å². The summed E-state index contributed by atoms with van der Waals surface area (Å²) in [5.74, 6) is 0. The van der Waals surface area contributed by atoms with E-state index >= 15 is 0 Å². The Morgan fingerprint density at radius 2 is 0.925 bits per heavy atom. The van der Waals surface area contributed by atoms with E-state index in [2.05, 4.69) is 47.0 Å². The van der Waals surface area contributed by atoms with Gasteiger partial charge in [0, 0.05) is 27.2 Å². The lowest BCUT2D eigenvalue weighted by Gasteiger charge is -2.12. The highest BCUT2D eigenvalue weighted by Crippen LogP contribution is 2.40. The van der Waals surface area contributed by atoms with Crippen molar-refractivity contribution in [3.8, 4) is 35.7 Å². The largest absolute Gasteiger partial charge is 0.309 e. The number of para-hydroxylation sites is 3. The molecule has 5 aromatic carbocycles. The van der Waals surface area contributed by atoms with E-state index in [0.717, 1.165) is 49.3 Å². The molecule has 0 bridgehead atoms. The van der Waals surface area contributed by atoms with Gasteiger partial charge in [0.2, 0.25) is 0 Å². The highest BCUT2D eigenvalue weighted by molar-refractivity contribution is 6.19. The Hall–Kier alpha value is -6.34. The Labute approximate surface area is 228 Å². The molecular formula is C34H16N6. The second kappa shape index (κ2) is 8.61. The summed E-state index contributed by atoms with van der Waals surface area (Å²) in [6.07, 6.45) is 0. The topological polar surface area (TPSA) is 105 Å². The maximum atomic E-state index is 9.99. The van der Waals surface area contributed by atoms with Gasteiger partial charge >= 0.3 is 0 Å². The number of hydrogen-bond acceptors (Lipinski definition) is 4. The molecule has 182 valence electrons. The normalized spacial score (nSPS) is 10.9. The van der Waals surface area contributed by atoms with Gasteiger partial charge < -0.3 is 9.13 Å². The Balaban J connectivity index is 1.69. The van der Waals surface area contributed by atoms with Crippen molar-refractivity contribution in [2.45, 2.75) is 0 Å². The molecule has 6 nitrogen and oxygen atoms in total. The quantitative estimate of drug-likeness (QED) is 0.243. The third-order valence-corrected chi connectivity index (χ3v) is 7.40.